The predicted molar refractivity (Wildman–Crippen MR) is 139 cm³/mol. The molecule has 0 heterocycles. The van der Waals surface area contributed by atoms with Gasteiger partial charge in [-0.05, 0) is 66.7 Å². The van der Waals surface area contributed by atoms with Crippen LogP contribution in [0.1, 0.15) is 22.3 Å². The largest absolute Gasteiger partial charge is 0.423 e. The molecule has 0 atom stereocenters. The first-order valence-electron chi connectivity index (χ1n) is 10.8. The van der Waals surface area contributed by atoms with Crippen molar-refractivity contribution < 1.29 is 28.6 Å². The summed E-state index contributed by atoms with van der Waals surface area (Å²) in [4.78, 5) is 34.4. The normalized spacial score (nSPS) is 9.30. The van der Waals surface area contributed by atoms with Gasteiger partial charge >= 0.3 is 17.9 Å². The molecule has 0 bridgehead atoms. The number of carbonyl (C=O) groups excluding carboxylic acids is 3. The van der Waals surface area contributed by atoms with Crippen LogP contribution in [0.15, 0.2) is 105 Å². The van der Waals surface area contributed by atoms with Crippen LogP contribution in [0.5, 0.6) is 17.2 Å². The average molecular weight is 488 g/mol. The summed E-state index contributed by atoms with van der Waals surface area (Å²) in [6.45, 7) is 10.1. The summed E-state index contributed by atoms with van der Waals surface area (Å²) in [5.74, 6) is 11.2. The van der Waals surface area contributed by atoms with E-state index in [2.05, 4.69) is 43.4 Å². The van der Waals surface area contributed by atoms with E-state index in [1.54, 1.807) is 66.7 Å². The molecule has 180 valence electrons. The molecule has 6 nitrogen and oxygen atoms in total. The summed E-state index contributed by atoms with van der Waals surface area (Å²) in [6, 6.07) is 18.3. The van der Waals surface area contributed by atoms with Gasteiger partial charge in [-0.25, -0.2) is 14.4 Å². The zero-order valence-corrected chi connectivity index (χ0v) is 19.7. The number of hydrogen-bond donors (Lipinski definition) is 0. The van der Waals surface area contributed by atoms with E-state index in [9.17, 15) is 14.4 Å². The summed E-state index contributed by atoms with van der Waals surface area (Å²) in [6.07, 6.45) is 3.21. The molecule has 0 radical (unpaired) electrons. The van der Waals surface area contributed by atoms with Gasteiger partial charge in [-0.3, -0.25) is 0 Å². The smallest absolute Gasteiger partial charge is 0.335 e. The Morgan fingerprint density at radius 2 is 0.946 bits per heavy atom. The third kappa shape index (κ3) is 7.99. The van der Waals surface area contributed by atoms with Gasteiger partial charge in [0.15, 0.2) is 0 Å². The Morgan fingerprint density at radius 3 is 1.43 bits per heavy atom. The quantitative estimate of drug-likeness (QED) is 0.216. The standard InChI is InChI=1S/C31H20O6/c1-4-29(32)35-26-17-11-22(12-18-26)7-8-24-10-16-25(28(21-24)37-31(34)6-3)15-9-23-13-19-27(20-14-23)36-30(33)5-2/h4-6,10-14,16-21H,1-3H2. The van der Waals surface area contributed by atoms with Gasteiger partial charge in [-0.15, -0.1) is 0 Å². The molecule has 0 aliphatic carbocycles. The Labute approximate surface area is 214 Å². The number of ether oxygens (including phenoxy) is 3. The van der Waals surface area contributed by atoms with Gasteiger partial charge in [-0.2, -0.15) is 0 Å². The fraction of sp³-hybridized carbons (Fsp3) is 0. The number of hydrogen-bond acceptors (Lipinski definition) is 6. The van der Waals surface area contributed by atoms with Crippen LogP contribution in [0.4, 0.5) is 0 Å². The highest BCUT2D eigenvalue weighted by molar-refractivity contribution is 5.84. The lowest BCUT2D eigenvalue weighted by Gasteiger charge is -2.05. The first kappa shape index (κ1) is 26.0. The van der Waals surface area contributed by atoms with Crippen molar-refractivity contribution in [2.45, 2.75) is 0 Å². The Bertz CT molecular complexity index is 1490. The highest BCUT2D eigenvalue weighted by atomic mass is 16.5. The van der Waals surface area contributed by atoms with Crippen molar-refractivity contribution in [3.05, 3.63) is 127 Å². The van der Waals surface area contributed by atoms with Crippen LogP contribution in [0.25, 0.3) is 0 Å². The minimum Gasteiger partial charge on any atom is -0.423 e. The molecule has 3 aromatic rings. The minimum atomic E-state index is -0.633. The van der Waals surface area contributed by atoms with Crippen molar-refractivity contribution in [1.29, 1.82) is 0 Å². The van der Waals surface area contributed by atoms with Crippen molar-refractivity contribution in [2.24, 2.45) is 0 Å². The lowest BCUT2D eigenvalue weighted by atomic mass is 10.1. The molecule has 0 aliphatic rings. The summed E-state index contributed by atoms with van der Waals surface area (Å²) >= 11 is 0. The Kier molecular flexibility index (Phi) is 8.97. The third-order valence-corrected chi connectivity index (χ3v) is 4.53. The van der Waals surface area contributed by atoms with Gasteiger partial charge in [0, 0.05) is 34.9 Å². The van der Waals surface area contributed by atoms with E-state index in [0.717, 1.165) is 18.2 Å². The molecule has 0 saturated heterocycles. The molecular formula is C31H20O6. The Morgan fingerprint density at radius 1 is 0.541 bits per heavy atom. The number of benzene rings is 3. The molecule has 3 aromatic carbocycles. The maximum atomic E-state index is 11.9. The maximum Gasteiger partial charge on any atom is 0.335 e. The van der Waals surface area contributed by atoms with Gasteiger partial charge in [0.1, 0.15) is 17.2 Å². The summed E-state index contributed by atoms with van der Waals surface area (Å²) in [5, 5.41) is 0. The fourth-order valence-electron chi connectivity index (χ4n) is 2.75. The topological polar surface area (TPSA) is 78.9 Å². The maximum absolute atomic E-state index is 11.9. The summed E-state index contributed by atoms with van der Waals surface area (Å²) in [7, 11) is 0. The van der Waals surface area contributed by atoms with Gasteiger partial charge in [0.05, 0.1) is 5.56 Å². The Balaban J connectivity index is 1.82. The first-order chi connectivity index (χ1) is 17.9. The van der Waals surface area contributed by atoms with Crippen LogP contribution >= 0.6 is 0 Å². The molecule has 3 rings (SSSR count). The molecule has 0 saturated carbocycles. The second kappa shape index (κ2) is 12.8. The molecular weight excluding hydrogens is 468 g/mol. The molecule has 37 heavy (non-hydrogen) atoms. The molecule has 0 aliphatic heterocycles. The van der Waals surface area contributed by atoms with Gasteiger partial charge in [0.25, 0.3) is 0 Å². The molecule has 6 heteroatoms. The van der Waals surface area contributed by atoms with E-state index in [-0.39, 0.29) is 5.75 Å². The van der Waals surface area contributed by atoms with Crippen LogP contribution in [0, 0.1) is 23.7 Å². The van der Waals surface area contributed by atoms with Crippen LogP contribution in [0.3, 0.4) is 0 Å². The fourth-order valence-corrected chi connectivity index (χ4v) is 2.75. The van der Waals surface area contributed by atoms with Crippen LogP contribution in [0.2, 0.25) is 0 Å². The van der Waals surface area contributed by atoms with Crippen LogP contribution < -0.4 is 14.2 Å². The lowest BCUT2D eigenvalue weighted by molar-refractivity contribution is -0.129. The van der Waals surface area contributed by atoms with E-state index in [1.165, 1.54) is 0 Å². The molecule has 0 unspecified atom stereocenters. The van der Waals surface area contributed by atoms with E-state index in [4.69, 9.17) is 14.2 Å². The average Bonchev–Trinajstić information content (AvgIpc) is 2.92. The SMILES string of the molecule is C=CC(=O)Oc1ccc(C#Cc2ccc(C#Cc3ccc(OC(=O)C=C)cc3)c(OC(=O)C=C)c2)cc1. The van der Waals surface area contributed by atoms with E-state index >= 15 is 0 Å². The number of rotatable bonds is 6. The molecule has 0 aromatic heterocycles. The van der Waals surface area contributed by atoms with Crippen LogP contribution in [-0.4, -0.2) is 17.9 Å². The van der Waals surface area contributed by atoms with E-state index < -0.39 is 17.9 Å². The first-order valence-corrected chi connectivity index (χ1v) is 10.8. The molecule has 0 amide bonds. The second-order valence-electron chi connectivity index (χ2n) is 7.14. The van der Waals surface area contributed by atoms with E-state index in [0.29, 0.717) is 33.8 Å². The van der Waals surface area contributed by atoms with Crippen LogP contribution in [-0.2, 0) is 14.4 Å². The highest BCUT2D eigenvalue weighted by Crippen LogP contribution is 2.21. The van der Waals surface area contributed by atoms with Crippen molar-refractivity contribution in [3.63, 3.8) is 0 Å². The monoisotopic (exact) mass is 488 g/mol. The summed E-state index contributed by atoms with van der Waals surface area (Å²) < 4.78 is 15.4. The van der Waals surface area contributed by atoms with Gasteiger partial charge < -0.3 is 14.2 Å². The number of carbonyl (C=O) groups is 3. The number of esters is 3. The van der Waals surface area contributed by atoms with Gasteiger partial charge in [-0.1, -0.05) is 43.4 Å². The zero-order valence-electron chi connectivity index (χ0n) is 19.7. The van der Waals surface area contributed by atoms with Crippen molar-refractivity contribution in [1.82, 2.24) is 0 Å². The molecule has 0 fully saturated rings. The summed E-state index contributed by atoms with van der Waals surface area (Å²) in [5.41, 5.74) is 2.41. The second-order valence-corrected chi connectivity index (χ2v) is 7.14. The Hall–Kier alpha value is -5.59. The highest BCUT2D eigenvalue weighted by Gasteiger charge is 2.07. The predicted octanol–water partition coefficient (Wildman–Crippen LogP) is 4.76. The zero-order chi connectivity index (χ0) is 26.6. The molecule has 0 N–H and O–H groups in total. The van der Waals surface area contributed by atoms with Crippen molar-refractivity contribution in [3.8, 4) is 40.9 Å². The minimum absolute atomic E-state index is 0.229. The van der Waals surface area contributed by atoms with Crippen molar-refractivity contribution in [2.75, 3.05) is 0 Å². The third-order valence-electron chi connectivity index (χ3n) is 4.53. The van der Waals surface area contributed by atoms with Gasteiger partial charge in [0.2, 0.25) is 0 Å². The van der Waals surface area contributed by atoms with E-state index in [1.807, 2.05) is 0 Å². The van der Waals surface area contributed by atoms with Crippen molar-refractivity contribution >= 4 is 17.9 Å². The molecule has 0 spiro atoms. The lowest BCUT2D eigenvalue weighted by Crippen LogP contribution is -2.04.